The second-order valence-electron chi connectivity index (χ2n) is 4.91. The minimum atomic E-state index is -0.858. The van der Waals surface area contributed by atoms with Gasteiger partial charge in [-0.1, -0.05) is 19.3 Å². The Morgan fingerprint density at radius 2 is 2.21 bits per heavy atom. The van der Waals surface area contributed by atoms with Gasteiger partial charge in [0, 0.05) is 23.3 Å². The summed E-state index contributed by atoms with van der Waals surface area (Å²) in [6, 6.07) is 1.72. The molecule has 0 bridgehead atoms. The van der Waals surface area contributed by atoms with E-state index in [1.807, 2.05) is 0 Å². The molecule has 0 aliphatic heterocycles. The summed E-state index contributed by atoms with van der Waals surface area (Å²) in [5.41, 5.74) is 0.375. The van der Waals surface area contributed by atoms with Gasteiger partial charge in [-0.05, 0) is 18.9 Å². The van der Waals surface area contributed by atoms with Gasteiger partial charge in [-0.15, -0.1) is 11.3 Å². The van der Waals surface area contributed by atoms with E-state index in [9.17, 15) is 4.79 Å². The molecule has 0 unspecified atom stereocenters. The van der Waals surface area contributed by atoms with Crippen molar-refractivity contribution < 1.29 is 14.6 Å². The number of thiophene rings is 1. The molecule has 4 nitrogen and oxygen atoms in total. The summed E-state index contributed by atoms with van der Waals surface area (Å²) in [7, 11) is 0. The van der Waals surface area contributed by atoms with Crippen LogP contribution in [-0.4, -0.2) is 30.3 Å². The van der Waals surface area contributed by atoms with Gasteiger partial charge in [-0.25, -0.2) is 4.79 Å². The molecule has 106 valence electrons. The van der Waals surface area contributed by atoms with Crippen LogP contribution in [0.1, 0.15) is 47.3 Å². The highest BCUT2D eigenvalue weighted by molar-refractivity contribution is 7.10. The second-order valence-corrected chi connectivity index (χ2v) is 5.91. The van der Waals surface area contributed by atoms with Crippen molar-refractivity contribution in [2.45, 2.75) is 44.8 Å². The third-order valence-electron chi connectivity index (χ3n) is 3.38. The molecule has 0 radical (unpaired) electrons. The van der Waals surface area contributed by atoms with Crippen molar-refractivity contribution in [2.24, 2.45) is 0 Å². The molecule has 19 heavy (non-hydrogen) atoms. The normalized spacial score (nSPS) is 16.6. The predicted molar refractivity (Wildman–Crippen MR) is 75.8 cm³/mol. The van der Waals surface area contributed by atoms with Crippen LogP contribution in [0.2, 0.25) is 0 Å². The van der Waals surface area contributed by atoms with Crippen LogP contribution in [0.25, 0.3) is 0 Å². The van der Waals surface area contributed by atoms with E-state index in [0.29, 0.717) is 18.2 Å². The first kappa shape index (κ1) is 14.5. The highest BCUT2D eigenvalue weighted by atomic mass is 32.1. The minimum absolute atomic E-state index is 0.375. The van der Waals surface area contributed by atoms with Crippen molar-refractivity contribution in [3.05, 3.63) is 21.9 Å². The first-order chi connectivity index (χ1) is 9.25. The van der Waals surface area contributed by atoms with Gasteiger partial charge in [-0.3, -0.25) is 0 Å². The van der Waals surface area contributed by atoms with Crippen LogP contribution in [0.15, 0.2) is 11.4 Å². The Hall–Kier alpha value is -0.910. The van der Waals surface area contributed by atoms with Crippen LogP contribution in [-0.2, 0) is 11.3 Å². The van der Waals surface area contributed by atoms with Gasteiger partial charge in [0.15, 0.2) is 0 Å². The molecule has 1 aromatic heterocycles. The second kappa shape index (κ2) is 7.62. The van der Waals surface area contributed by atoms with Gasteiger partial charge < -0.3 is 15.2 Å². The summed E-state index contributed by atoms with van der Waals surface area (Å²) in [5.74, 6) is -0.858. The molecule has 0 atom stereocenters. The molecule has 1 aliphatic carbocycles. The lowest BCUT2D eigenvalue weighted by Crippen LogP contribution is -2.24. The maximum Gasteiger partial charge on any atom is 0.336 e. The zero-order valence-electron chi connectivity index (χ0n) is 11.1. The zero-order valence-corrected chi connectivity index (χ0v) is 11.9. The summed E-state index contributed by atoms with van der Waals surface area (Å²) in [5, 5.41) is 13.8. The molecule has 1 aromatic rings. The highest BCUT2D eigenvalue weighted by Crippen LogP contribution is 2.20. The molecular weight excluding hydrogens is 262 g/mol. The summed E-state index contributed by atoms with van der Waals surface area (Å²) < 4.78 is 5.81. The molecule has 1 fully saturated rings. The smallest absolute Gasteiger partial charge is 0.336 e. The molecule has 2 N–H and O–H groups in total. The van der Waals surface area contributed by atoms with Crippen LogP contribution >= 0.6 is 11.3 Å². The standard InChI is InChI=1S/C14H21NO3S/c16-14(17)11-8-13(19-10-11)9-15-6-7-18-12-4-2-1-3-5-12/h8,10,12,15H,1-7,9H2,(H,16,17). The third-order valence-corrected chi connectivity index (χ3v) is 4.32. The number of carboxylic acid groups (broad SMARTS) is 1. The van der Waals surface area contributed by atoms with Crippen molar-refractivity contribution >= 4 is 17.3 Å². The number of rotatable bonds is 7. The fourth-order valence-corrected chi connectivity index (χ4v) is 3.15. The molecule has 0 amide bonds. The van der Waals surface area contributed by atoms with Crippen LogP contribution in [0.4, 0.5) is 0 Å². The molecule has 1 aliphatic rings. The SMILES string of the molecule is O=C(O)c1csc(CNCCOC2CCCCC2)c1. The Kier molecular flexibility index (Phi) is 5.82. The van der Waals surface area contributed by atoms with E-state index in [0.717, 1.165) is 18.0 Å². The number of carboxylic acids is 1. The largest absolute Gasteiger partial charge is 0.478 e. The average molecular weight is 283 g/mol. The van der Waals surface area contributed by atoms with E-state index < -0.39 is 5.97 Å². The summed E-state index contributed by atoms with van der Waals surface area (Å²) in [4.78, 5) is 11.8. The van der Waals surface area contributed by atoms with Gasteiger partial charge in [-0.2, -0.15) is 0 Å². The van der Waals surface area contributed by atoms with Crippen molar-refractivity contribution in [1.29, 1.82) is 0 Å². The van der Waals surface area contributed by atoms with E-state index in [2.05, 4.69) is 5.32 Å². The number of hydrogen-bond acceptors (Lipinski definition) is 4. The van der Waals surface area contributed by atoms with Gasteiger partial charge >= 0.3 is 5.97 Å². The summed E-state index contributed by atoms with van der Waals surface area (Å²) in [6.07, 6.45) is 6.80. The molecular formula is C14H21NO3S. The molecule has 0 saturated heterocycles. The van der Waals surface area contributed by atoms with Gasteiger partial charge in [0.05, 0.1) is 18.3 Å². The van der Waals surface area contributed by atoms with Crippen LogP contribution in [0.3, 0.4) is 0 Å². The van der Waals surface area contributed by atoms with Crippen LogP contribution in [0.5, 0.6) is 0 Å². The Morgan fingerprint density at radius 1 is 1.42 bits per heavy atom. The zero-order chi connectivity index (χ0) is 13.5. The number of ether oxygens (including phenoxy) is 1. The van der Waals surface area contributed by atoms with Gasteiger partial charge in [0.1, 0.15) is 0 Å². The first-order valence-electron chi connectivity index (χ1n) is 6.89. The van der Waals surface area contributed by atoms with E-state index >= 15 is 0 Å². The summed E-state index contributed by atoms with van der Waals surface area (Å²) in [6.45, 7) is 2.27. The number of carbonyl (C=O) groups is 1. The lowest BCUT2D eigenvalue weighted by atomic mass is 9.98. The van der Waals surface area contributed by atoms with E-state index in [1.165, 1.54) is 43.4 Å². The topological polar surface area (TPSA) is 58.6 Å². The molecule has 1 heterocycles. The predicted octanol–water partition coefficient (Wildman–Crippen LogP) is 2.89. The Labute approximate surface area is 117 Å². The van der Waals surface area contributed by atoms with Gasteiger partial charge in [0.2, 0.25) is 0 Å². The fourth-order valence-electron chi connectivity index (χ4n) is 2.33. The van der Waals surface area contributed by atoms with Crippen molar-refractivity contribution in [1.82, 2.24) is 5.32 Å². The Morgan fingerprint density at radius 3 is 2.89 bits per heavy atom. The number of hydrogen-bond donors (Lipinski definition) is 2. The lowest BCUT2D eigenvalue weighted by Gasteiger charge is -2.21. The van der Waals surface area contributed by atoms with Crippen LogP contribution in [0, 0.1) is 0 Å². The fraction of sp³-hybridized carbons (Fsp3) is 0.643. The lowest BCUT2D eigenvalue weighted by molar-refractivity contribution is 0.0302. The third kappa shape index (κ3) is 4.93. The highest BCUT2D eigenvalue weighted by Gasteiger charge is 2.13. The van der Waals surface area contributed by atoms with E-state index in [-0.39, 0.29) is 0 Å². The Balaban J connectivity index is 1.57. The van der Waals surface area contributed by atoms with Crippen molar-refractivity contribution in [3.8, 4) is 0 Å². The monoisotopic (exact) mass is 283 g/mol. The quantitative estimate of drug-likeness (QED) is 0.755. The van der Waals surface area contributed by atoms with E-state index in [4.69, 9.17) is 9.84 Å². The average Bonchev–Trinajstić information content (AvgIpc) is 2.89. The molecule has 0 spiro atoms. The van der Waals surface area contributed by atoms with Gasteiger partial charge in [0.25, 0.3) is 0 Å². The number of aromatic carboxylic acids is 1. The first-order valence-corrected chi connectivity index (χ1v) is 7.76. The van der Waals surface area contributed by atoms with Crippen LogP contribution < -0.4 is 5.32 Å². The molecule has 1 saturated carbocycles. The number of nitrogens with one attached hydrogen (secondary N) is 1. The molecule has 0 aromatic carbocycles. The molecule has 5 heteroatoms. The minimum Gasteiger partial charge on any atom is -0.478 e. The van der Waals surface area contributed by atoms with E-state index in [1.54, 1.807) is 11.4 Å². The Bertz CT molecular complexity index is 399. The van der Waals surface area contributed by atoms with Crippen molar-refractivity contribution in [3.63, 3.8) is 0 Å². The summed E-state index contributed by atoms with van der Waals surface area (Å²) >= 11 is 1.48. The maximum atomic E-state index is 10.7. The maximum absolute atomic E-state index is 10.7. The van der Waals surface area contributed by atoms with Crippen molar-refractivity contribution in [2.75, 3.05) is 13.2 Å². The molecule has 2 rings (SSSR count).